The van der Waals surface area contributed by atoms with Crippen molar-refractivity contribution in [1.82, 2.24) is 24.7 Å². The smallest absolute Gasteiger partial charge is 0.237 e. The molecule has 156 valence electrons. The Morgan fingerprint density at radius 3 is 2.97 bits per heavy atom. The monoisotopic (exact) mass is 414 g/mol. The second-order valence-corrected chi connectivity index (χ2v) is 8.01. The Labute approximate surface area is 178 Å². The van der Waals surface area contributed by atoms with Crippen LogP contribution in [0.2, 0.25) is 0 Å². The van der Waals surface area contributed by atoms with E-state index < -0.39 is 0 Å². The SMILES string of the molecule is Cc1c(-c2cc(N)c3cnc(Nc4cnn(C5CC5)c4)nc3c2)cnc2c1NCCO2. The molecule has 6 rings (SSSR count). The zero-order chi connectivity index (χ0) is 20.9. The average molecular weight is 414 g/mol. The Balaban J connectivity index is 1.37. The maximum absolute atomic E-state index is 6.35. The van der Waals surface area contributed by atoms with E-state index in [4.69, 9.17) is 15.5 Å². The Morgan fingerprint density at radius 2 is 2.10 bits per heavy atom. The number of benzene rings is 1. The van der Waals surface area contributed by atoms with Gasteiger partial charge in [-0.1, -0.05) is 0 Å². The normalized spacial score (nSPS) is 15.3. The number of ether oxygens (including phenoxy) is 1. The second kappa shape index (κ2) is 6.83. The lowest BCUT2D eigenvalue weighted by atomic mass is 9.99. The molecule has 4 aromatic rings. The highest BCUT2D eigenvalue weighted by atomic mass is 16.5. The van der Waals surface area contributed by atoms with E-state index in [9.17, 15) is 0 Å². The van der Waals surface area contributed by atoms with Gasteiger partial charge in [-0.15, -0.1) is 0 Å². The van der Waals surface area contributed by atoms with Crippen LogP contribution < -0.4 is 21.1 Å². The van der Waals surface area contributed by atoms with E-state index >= 15 is 0 Å². The fraction of sp³-hybridized carbons (Fsp3) is 0.273. The van der Waals surface area contributed by atoms with Gasteiger partial charge in [0.2, 0.25) is 11.8 Å². The van der Waals surface area contributed by atoms with Crippen LogP contribution in [-0.2, 0) is 0 Å². The zero-order valence-corrected chi connectivity index (χ0v) is 17.1. The summed E-state index contributed by atoms with van der Waals surface area (Å²) in [5.74, 6) is 1.15. The van der Waals surface area contributed by atoms with E-state index in [2.05, 4.69) is 32.6 Å². The molecule has 0 spiro atoms. The number of hydrogen-bond acceptors (Lipinski definition) is 8. The lowest BCUT2D eigenvalue weighted by Crippen LogP contribution is -2.20. The van der Waals surface area contributed by atoms with Gasteiger partial charge in [0.25, 0.3) is 0 Å². The number of nitrogens with one attached hydrogen (secondary N) is 2. The molecular formula is C22H22N8O. The average Bonchev–Trinajstić information content (AvgIpc) is 3.53. The molecule has 0 unspecified atom stereocenters. The first kappa shape index (κ1) is 17.9. The highest BCUT2D eigenvalue weighted by Gasteiger charge is 2.24. The summed E-state index contributed by atoms with van der Waals surface area (Å²) in [5.41, 5.74) is 12.6. The van der Waals surface area contributed by atoms with Gasteiger partial charge in [-0.05, 0) is 43.0 Å². The van der Waals surface area contributed by atoms with Crippen LogP contribution in [0.1, 0.15) is 24.4 Å². The zero-order valence-electron chi connectivity index (χ0n) is 17.1. The van der Waals surface area contributed by atoms with Crippen LogP contribution in [0.4, 0.5) is 23.0 Å². The minimum atomic E-state index is 0.509. The van der Waals surface area contributed by atoms with E-state index in [0.717, 1.165) is 45.5 Å². The summed E-state index contributed by atoms with van der Waals surface area (Å²) < 4.78 is 7.64. The van der Waals surface area contributed by atoms with Crippen molar-refractivity contribution in [1.29, 1.82) is 0 Å². The molecule has 1 saturated carbocycles. The van der Waals surface area contributed by atoms with Gasteiger partial charge in [-0.2, -0.15) is 5.10 Å². The number of hydrogen-bond donors (Lipinski definition) is 3. The summed E-state index contributed by atoms with van der Waals surface area (Å²) in [7, 11) is 0. The number of pyridine rings is 1. The first-order valence-corrected chi connectivity index (χ1v) is 10.4. The molecule has 4 N–H and O–H groups in total. The van der Waals surface area contributed by atoms with Crippen LogP contribution in [0.15, 0.2) is 36.9 Å². The molecule has 1 aliphatic carbocycles. The molecule has 2 aliphatic rings. The molecule has 1 aromatic carbocycles. The fourth-order valence-corrected chi connectivity index (χ4v) is 3.96. The number of nitrogen functional groups attached to an aromatic ring is 1. The van der Waals surface area contributed by atoms with Gasteiger partial charge in [0.1, 0.15) is 12.3 Å². The van der Waals surface area contributed by atoms with Crippen LogP contribution in [0.25, 0.3) is 22.0 Å². The summed E-state index contributed by atoms with van der Waals surface area (Å²) >= 11 is 0. The van der Waals surface area contributed by atoms with Crippen molar-refractivity contribution in [3.8, 4) is 17.0 Å². The van der Waals surface area contributed by atoms with E-state index in [1.807, 2.05) is 29.2 Å². The van der Waals surface area contributed by atoms with Crippen LogP contribution in [0, 0.1) is 6.92 Å². The molecule has 9 heteroatoms. The van der Waals surface area contributed by atoms with Gasteiger partial charge < -0.3 is 21.1 Å². The maximum Gasteiger partial charge on any atom is 0.237 e. The molecule has 3 aromatic heterocycles. The van der Waals surface area contributed by atoms with Crippen molar-refractivity contribution in [3.63, 3.8) is 0 Å². The van der Waals surface area contributed by atoms with Crippen molar-refractivity contribution in [2.45, 2.75) is 25.8 Å². The first-order chi connectivity index (χ1) is 15.2. The minimum absolute atomic E-state index is 0.509. The number of fused-ring (bicyclic) bond motifs is 2. The molecule has 4 heterocycles. The van der Waals surface area contributed by atoms with Crippen molar-refractivity contribution < 1.29 is 4.74 Å². The Morgan fingerprint density at radius 1 is 1.19 bits per heavy atom. The highest BCUT2D eigenvalue weighted by molar-refractivity contribution is 5.95. The number of rotatable bonds is 4. The van der Waals surface area contributed by atoms with Crippen molar-refractivity contribution in [3.05, 3.63) is 42.5 Å². The molecule has 1 fully saturated rings. The molecule has 1 aliphatic heterocycles. The lowest BCUT2D eigenvalue weighted by molar-refractivity contribution is 0.310. The molecule has 0 radical (unpaired) electrons. The first-order valence-electron chi connectivity index (χ1n) is 10.4. The Kier molecular flexibility index (Phi) is 3.95. The largest absolute Gasteiger partial charge is 0.474 e. The maximum atomic E-state index is 6.35. The lowest BCUT2D eigenvalue weighted by Gasteiger charge is -2.21. The van der Waals surface area contributed by atoms with Crippen LogP contribution in [0.5, 0.6) is 5.88 Å². The summed E-state index contributed by atoms with van der Waals surface area (Å²) in [6.07, 6.45) is 9.75. The third-order valence-corrected chi connectivity index (χ3v) is 5.77. The van der Waals surface area contributed by atoms with Crippen molar-refractivity contribution in [2.24, 2.45) is 0 Å². The van der Waals surface area contributed by atoms with E-state index in [1.54, 1.807) is 12.4 Å². The molecule has 0 atom stereocenters. The number of nitrogens with zero attached hydrogens (tertiary/aromatic N) is 5. The van der Waals surface area contributed by atoms with Gasteiger partial charge in [-0.25, -0.2) is 15.0 Å². The standard InChI is InChI=1S/C22H22N8O/c1-12-16(9-25-21-20(12)24-4-5-31-21)13-6-18(23)17-10-26-22(29-19(17)7-13)28-14-8-27-30(11-14)15-2-3-15/h6-11,15,24H,2-5,23H2,1H3,(H,26,28,29). The number of nitrogens with two attached hydrogens (primary N) is 1. The van der Waals surface area contributed by atoms with Gasteiger partial charge in [0.05, 0.1) is 23.4 Å². The number of anilines is 4. The molecule has 0 bridgehead atoms. The summed E-state index contributed by atoms with van der Waals surface area (Å²) in [4.78, 5) is 13.6. The quantitative estimate of drug-likeness (QED) is 0.433. The van der Waals surface area contributed by atoms with Crippen LogP contribution in [-0.4, -0.2) is 37.9 Å². The second-order valence-electron chi connectivity index (χ2n) is 8.01. The van der Waals surface area contributed by atoms with Crippen LogP contribution in [0.3, 0.4) is 0 Å². The van der Waals surface area contributed by atoms with Crippen LogP contribution >= 0.6 is 0 Å². The van der Waals surface area contributed by atoms with Gasteiger partial charge in [-0.3, -0.25) is 4.68 Å². The summed E-state index contributed by atoms with van der Waals surface area (Å²) in [6.45, 7) is 3.44. The number of aromatic nitrogens is 5. The van der Waals surface area contributed by atoms with Crippen molar-refractivity contribution in [2.75, 3.05) is 29.5 Å². The Hall–Kier alpha value is -3.88. The van der Waals surface area contributed by atoms with E-state index in [0.29, 0.717) is 30.2 Å². The van der Waals surface area contributed by atoms with E-state index in [-0.39, 0.29) is 0 Å². The third kappa shape index (κ3) is 3.18. The van der Waals surface area contributed by atoms with Gasteiger partial charge >= 0.3 is 0 Å². The molecule has 0 saturated heterocycles. The summed E-state index contributed by atoms with van der Waals surface area (Å²) in [6, 6.07) is 4.49. The predicted octanol–water partition coefficient (Wildman–Crippen LogP) is 3.66. The third-order valence-electron chi connectivity index (χ3n) is 5.77. The molecule has 0 amide bonds. The van der Waals surface area contributed by atoms with Crippen molar-refractivity contribution >= 4 is 33.9 Å². The molecule has 9 nitrogen and oxygen atoms in total. The summed E-state index contributed by atoms with van der Waals surface area (Å²) in [5, 5.41) is 11.8. The fourth-order valence-electron chi connectivity index (χ4n) is 3.96. The van der Waals surface area contributed by atoms with Gasteiger partial charge in [0.15, 0.2) is 0 Å². The molecule has 31 heavy (non-hydrogen) atoms. The Bertz CT molecular complexity index is 1310. The highest BCUT2D eigenvalue weighted by Crippen LogP contribution is 2.37. The van der Waals surface area contributed by atoms with Gasteiger partial charge in [0, 0.05) is 41.8 Å². The predicted molar refractivity (Wildman–Crippen MR) is 120 cm³/mol. The molecular weight excluding hydrogens is 392 g/mol. The topological polar surface area (TPSA) is 116 Å². The minimum Gasteiger partial charge on any atom is -0.474 e. The van der Waals surface area contributed by atoms with E-state index in [1.165, 1.54) is 12.8 Å².